The lowest BCUT2D eigenvalue weighted by atomic mass is 10.2. The first-order valence-corrected chi connectivity index (χ1v) is 4.23. The van der Waals surface area contributed by atoms with Gasteiger partial charge in [-0.1, -0.05) is 18.7 Å². The Hall–Kier alpha value is -0.980. The van der Waals surface area contributed by atoms with Crippen LogP contribution < -0.4 is 0 Å². The standard InChI is InChI=1S/C11H18O/c1-6-7-8-11(9(2)3)12-10(4)5/h6-8,10H,2H2,1,3-5H3/b7-6-,11-8+. The van der Waals surface area contributed by atoms with Crippen LogP contribution in [0.2, 0.25) is 0 Å². The number of allylic oxidation sites excluding steroid dienone is 4. The lowest BCUT2D eigenvalue weighted by molar-refractivity contribution is 0.154. The van der Waals surface area contributed by atoms with Gasteiger partial charge in [-0.3, -0.25) is 0 Å². The highest BCUT2D eigenvalue weighted by molar-refractivity contribution is 5.24. The number of hydrogen-bond donors (Lipinski definition) is 0. The minimum Gasteiger partial charge on any atom is -0.491 e. The average Bonchev–Trinajstić information content (AvgIpc) is 1.96. The van der Waals surface area contributed by atoms with E-state index in [0.29, 0.717) is 0 Å². The van der Waals surface area contributed by atoms with E-state index in [9.17, 15) is 0 Å². The number of rotatable bonds is 4. The first kappa shape index (κ1) is 11.0. The molecule has 12 heavy (non-hydrogen) atoms. The van der Waals surface area contributed by atoms with Gasteiger partial charge in [-0.2, -0.15) is 0 Å². The molecule has 0 radical (unpaired) electrons. The summed E-state index contributed by atoms with van der Waals surface area (Å²) in [5, 5.41) is 0. The predicted octanol–water partition coefficient (Wildman–Crippen LogP) is 3.45. The number of ether oxygens (including phenoxy) is 1. The van der Waals surface area contributed by atoms with Crippen molar-refractivity contribution in [2.75, 3.05) is 0 Å². The summed E-state index contributed by atoms with van der Waals surface area (Å²) < 4.78 is 5.52. The first-order valence-electron chi connectivity index (χ1n) is 4.23. The van der Waals surface area contributed by atoms with Crippen molar-refractivity contribution in [1.29, 1.82) is 0 Å². The third-order valence-electron chi connectivity index (χ3n) is 1.22. The maximum absolute atomic E-state index is 5.52. The average molecular weight is 166 g/mol. The van der Waals surface area contributed by atoms with Gasteiger partial charge in [0.05, 0.1) is 6.10 Å². The highest BCUT2D eigenvalue weighted by atomic mass is 16.5. The van der Waals surface area contributed by atoms with Gasteiger partial charge in [0, 0.05) is 0 Å². The quantitative estimate of drug-likeness (QED) is 0.459. The molecule has 0 heterocycles. The molecule has 0 saturated heterocycles. The molecule has 0 unspecified atom stereocenters. The van der Waals surface area contributed by atoms with Crippen molar-refractivity contribution < 1.29 is 4.74 Å². The number of hydrogen-bond acceptors (Lipinski definition) is 1. The Bertz CT molecular complexity index is 197. The monoisotopic (exact) mass is 166 g/mol. The van der Waals surface area contributed by atoms with Crippen LogP contribution in [0.15, 0.2) is 36.1 Å². The molecule has 0 bridgehead atoms. The van der Waals surface area contributed by atoms with E-state index in [4.69, 9.17) is 4.74 Å². The van der Waals surface area contributed by atoms with Crippen molar-refractivity contribution >= 4 is 0 Å². The topological polar surface area (TPSA) is 9.23 Å². The van der Waals surface area contributed by atoms with E-state index in [0.717, 1.165) is 11.3 Å². The van der Waals surface area contributed by atoms with Gasteiger partial charge in [-0.05, 0) is 39.3 Å². The van der Waals surface area contributed by atoms with Crippen molar-refractivity contribution in [2.24, 2.45) is 0 Å². The molecular formula is C11H18O. The van der Waals surface area contributed by atoms with E-state index in [1.807, 2.05) is 45.9 Å². The minimum atomic E-state index is 0.207. The fraction of sp³-hybridized carbons (Fsp3) is 0.455. The summed E-state index contributed by atoms with van der Waals surface area (Å²) in [6.07, 6.45) is 6.06. The molecule has 0 aromatic rings. The van der Waals surface area contributed by atoms with Crippen molar-refractivity contribution in [3.63, 3.8) is 0 Å². The molecule has 0 spiro atoms. The van der Waals surface area contributed by atoms with Crippen LogP contribution >= 0.6 is 0 Å². The van der Waals surface area contributed by atoms with Crippen LogP contribution in [0.3, 0.4) is 0 Å². The van der Waals surface area contributed by atoms with Gasteiger partial charge in [0.25, 0.3) is 0 Å². The maximum Gasteiger partial charge on any atom is 0.121 e. The fourth-order valence-electron chi connectivity index (χ4n) is 0.720. The van der Waals surface area contributed by atoms with Crippen LogP contribution in [0.5, 0.6) is 0 Å². The Labute approximate surface area is 75.4 Å². The SMILES string of the molecule is C=C(C)/C(=C\C=C/C)OC(C)C. The molecular weight excluding hydrogens is 148 g/mol. The Morgan fingerprint density at radius 3 is 2.33 bits per heavy atom. The zero-order chi connectivity index (χ0) is 9.56. The summed E-state index contributed by atoms with van der Waals surface area (Å²) >= 11 is 0. The fourth-order valence-corrected chi connectivity index (χ4v) is 0.720. The van der Waals surface area contributed by atoms with Gasteiger partial charge < -0.3 is 4.74 Å². The van der Waals surface area contributed by atoms with Crippen molar-refractivity contribution in [2.45, 2.75) is 33.8 Å². The van der Waals surface area contributed by atoms with Crippen molar-refractivity contribution in [1.82, 2.24) is 0 Å². The molecule has 0 atom stereocenters. The summed E-state index contributed by atoms with van der Waals surface area (Å²) in [6.45, 7) is 11.8. The minimum absolute atomic E-state index is 0.207. The third-order valence-corrected chi connectivity index (χ3v) is 1.22. The van der Waals surface area contributed by atoms with Gasteiger partial charge in [0.2, 0.25) is 0 Å². The molecule has 0 N–H and O–H groups in total. The molecule has 1 nitrogen and oxygen atoms in total. The molecule has 0 rings (SSSR count). The molecule has 68 valence electrons. The van der Waals surface area contributed by atoms with Gasteiger partial charge in [0.1, 0.15) is 5.76 Å². The Balaban J connectivity index is 4.33. The largest absolute Gasteiger partial charge is 0.491 e. The second kappa shape index (κ2) is 5.64. The predicted molar refractivity (Wildman–Crippen MR) is 53.9 cm³/mol. The molecule has 0 aliphatic rings. The second-order valence-electron chi connectivity index (χ2n) is 3.00. The van der Waals surface area contributed by atoms with Crippen LogP contribution in [0.4, 0.5) is 0 Å². The first-order chi connectivity index (χ1) is 5.57. The molecule has 0 aromatic heterocycles. The van der Waals surface area contributed by atoms with E-state index < -0.39 is 0 Å². The van der Waals surface area contributed by atoms with Crippen molar-refractivity contribution in [3.05, 3.63) is 36.1 Å². The van der Waals surface area contributed by atoms with E-state index in [1.54, 1.807) is 0 Å². The zero-order valence-electron chi connectivity index (χ0n) is 8.42. The molecule has 0 aromatic carbocycles. The van der Waals surface area contributed by atoms with Gasteiger partial charge in [-0.25, -0.2) is 0 Å². The van der Waals surface area contributed by atoms with E-state index in [1.165, 1.54) is 0 Å². The summed E-state index contributed by atoms with van der Waals surface area (Å²) in [6, 6.07) is 0. The van der Waals surface area contributed by atoms with Crippen LogP contribution in [-0.2, 0) is 4.74 Å². The smallest absolute Gasteiger partial charge is 0.121 e. The Kier molecular flexibility index (Phi) is 5.18. The summed E-state index contributed by atoms with van der Waals surface area (Å²) in [5.41, 5.74) is 0.960. The summed E-state index contributed by atoms with van der Waals surface area (Å²) in [4.78, 5) is 0. The molecule has 0 aliphatic heterocycles. The highest BCUT2D eigenvalue weighted by Crippen LogP contribution is 2.11. The zero-order valence-corrected chi connectivity index (χ0v) is 8.42. The summed E-state index contributed by atoms with van der Waals surface area (Å²) in [5.74, 6) is 0.864. The Morgan fingerprint density at radius 1 is 1.42 bits per heavy atom. The van der Waals surface area contributed by atoms with E-state index in [2.05, 4.69) is 6.58 Å². The lowest BCUT2D eigenvalue weighted by Gasteiger charge is -2.12. The second-order valence-corrected chi connectivity index (χ2v) is 3.00. The van der Waals surface area contributed by atoms with Crippen LogP contribution in [0, 0.1) is 0 Å². The highest BCUT2D eigenvalue weighted by Gasteiger charge is 1.99. The normalized spacial score (nSPS) is 12.6. The van der Waals surface area contributed by atoms with E-state index >= 15 is 0 Å². The van der Waals surface area contributed by atoms with Crippen LogP contribution in [-0.4, -0.2) is 6.10 Å². The van der Waals surface area contributed by atoms with Crippen LogP contribution in [0.25, 0.3) is 0 Å². The molecule has 1 heteroatoms. The summed E-state index contributed by atoms with van der Waals surface area (Å²) in [7, 11) is 0. The van der Waals surface area contributed by atoms with E-state index in [-0.39, 0.29) is 6.10 Å². The van der Waals surface area contributed by atoms with Crippen molar-refractivity contribution in [3.8, 4) is 0 Å². The van der Waals surface area contributed by atoms with Gasteiger partial charge in [0.15, 0.2) is 0 Å². The van der Waals surface area contributed by atoms with Gasteiger partial charge in [-0.15, -0.1) is 0 Å². The molecule has 0 saturated carbocycles. The molecule has 0 aliphatic carbocycles. The molecule has 0 amide bonds. The third kappa shape index (κ3) is 4.78. The van der Waals surface area contributed by atoms with Gasteiger partial charge >= 0.3 is 0 Å². The lowest BCUT2D eigenvalue weighted by Crippen LogP contribution is -2.02. The Morgan fingerprint density at radius 2 is 2.00 bits per heavy atom. The maximum atomic E-state index is 5.52. The molecule has 0 fully saturated rings. The van der Waals surface area contributed by atoms with Crippen LogP contribution in [0.1, 0.15) is 27.7 Å².